The lowest BCUT2D eigenvalue weighted by molar-refractivity contribution is 0.0935. The Kier molecular flexibility index (Phi) is 3.27. The summed E-state index contributed by atoms with van der Waals surface area (Å²) in [5.74, 6) is 0.441. The Labute approximate surface area is 108 Å². The highest BCUT2D eigenvalue weighted by Crippen LogP contribution is 2.37. The molecule has 4 heteroatoms. The smallest absolute Gasteiger partial charge is 0.252 e. The summed E-state index contributed by atoms with van der Waals surface area (Å²) in [7, 11) is 0. The highest BCUT2D eigenvalue weighted by molar-refractivity contribution is 9.10. The van der Waals surface area contributed by atoms with E-state index in [4.69, 9.17) is 11.6 Å². The molecule has 1 N–H and O–H groups in total. The van der Waals surface area contributed by atoms with Crippen LogP contribution in [-0.4, -0.2) is 17.3 Å². The van der Waals surface area contributed by atoms with Crippen molar-refractivity contribution >= 4 is 33.4 Å². The number of rotatable bonds is 3. The lowest BCUT2D eigenvalue weighted by atomic mass is 10.1. The first-order chi connectivity index (χ1) is 7.58. The number of halogens is 2. The van der Waals surface area contributed by atoms with Crippen LogP contribution in [0.15, 0.2) is 22.7 Å². The van der Waals surface area contributed by atoms with Gasteiger partial charge >= 0.3 is 0 Å². The van der Waals surface area contributed by atoms with Crippen molar-refractivity contribution in [3.8, 4) is 0 Å². The maximum Gasteiger partial charge on any atom is 0.252 e. The predicted octanol–water partition coefficient (Wildman–Crippen LogP) is 3.26. The third-order valence-electron chi connectivity index (χ3n) is 2.92. The second-order valence-corrected chi connectivity index (χ2v) is 5.36. The summed E-state index contributed by atoms with van der Waals surface area (Å²) < 4.78 is 0.859. The zero-order valence-electron chi connectivity index (χ0n) is 9.02. The molecule has 0 aromatic heterocycles. The molecule has 1 aromatic rings. The van der Waals surface area contributed by atoms with Gasteiger partial charge in [-0.25, -0.2) is 0 Å². The third-order valence-corrected chi connectivity index (χ3v) is 4.49. The van der Waals surface area contributed by atoms with E-state index >= 15 is 0 Å². The summed E-state index contributed by atoms with van der Waals surface area (Å²) in [5, 5.41) is 3.00. The maximum absolute atomic E-state index is 12.0. The Morgan fingerprint density at radius 1 is 1.56 bits per heavy atom. The van der Waals surface area contributed by atoms with Gasteiger partial charge in [0.25, 0.3) is 5.91 Å². The highest BCUT2D eigenvalue weighted by atomic mass is 79.9. The summed E-state index contributed by atoms with van der Waals surface area (Å²) in [6, 6.07) is 5.67. The van der Waals surface area contributed by atoms with Gasteiger partial charge in [0.2, 0.25) is 0 Å². The molecule has 0 heterocycles. The molecule has 16 heavy (non-hydrogen) atoms. The summed E-state index contributed by atoms with van der Waals surface area (Å²) in [6.45, 7) is 1.97. The molecule has 0 bridgehead atoms. The fraction of sp³-hybridized carbons (Fsp3) is 0.417. The van der Waals surface area contributed by atoms with E-state index in [2.05, 4.69) is 21.2 Å². The first-order valence-corrected chi connectivity index (χ1v) is 6.54. The molecule has 1 aliphatic carbocycles. The average Bonchev–Trinajstić information content (AvgIpc) is 3.02. The van der Waals surface area contributed by atoms with Crippen LogP contribution in [0.5, 0.6) is 0 Å². The van der Waals surface area contributed by atoms with Gasteiger partial charge in [0.15, 0.2) is 0 Å². The zero-order valence-corrected chi connectivity index (χ0v) is 11.4. The topological polar surface area (TPSA) is 29.1 Å². The van der Waals surface area contributed by atoms with Crippen molar-refractivity contribution in [2.24, 2.45) is 0 Å². The van der Waals surface area contributed by atoms with Crippen molar-refractivity contribution in [2.75, 3.05) is 5.88 Å². The van der Waals surface area contributed by atoms with E-state index in [1.54, 1.807) is 0 Å². The molecule has 1 amide bonds. The van der Waals surface area contributed by atoms with Gasteiger partial charge in [-0.1, -0.05) is 12.1 Å². The van der Waals surface area contributed by atoms with Gasteiger partial charge < -0.3 is 5.32 Å². The summed E-state index contributed by atoms with van der Waals surface area (Å²) >= 11 is 9.27. The van der Waals surface area contributed by atoms with Crippen molar-refractivity contribution in [1.29, 1.82) is 0 Å². The van der Waals surface area contributed by atoms with Crippen LogP contribution in [0, 0.1) is 6.92 Å². The van der Waals surface area contributed by atoms with Crippen LogP contribution in [0.1, 0.15) is 28.8 Å². The van der Waals surface area contributed by atoms with E-state index in [1.807, 2.05) is 25.1 Å². The van der Waals surface area contributed by atoms with E-state index < -0.39 is 0 Å². The fourth-order valence-corrected chi connectivity index (χ4v) is 2.35. The number of amides is 1. The number of hydrogen-bond acceptors (Lipinski definition) is 1. The van der Waals surface area contributed by atoms with E-state index in [1.165, 1.54) is 0 Å². The van der Waals surface area contributed by atoms with Crippen LogP contribution in [-0.2, 0) is 0 Å². The number of carbonyl (C=O) groups is 1. The standard InChI is InChI=1S/C12H13BrClNO/c1-8-3-2-4-9(10(8)13)11(16)15-12(7-14)5-6-12/h2-4H,5-7H2,1H3,(H,15,16). The molecule has 0 saturated heterocycles. The van der Waals surface area contributed by atoms with E-state index in [-0.39, 0.29) is 11.4 Å². The van der Waals surface area contributed by atoms with Gasteiger partial charge in [-0.05, 0) is 47.3 Å². The Morgan fingerprint density at radius 3 is 2.81 bits per heavy atom. The van der Waals surface area contributed by atoms with Gasteiger partial charge in [0, 0.05) is 10.4 Å². The van der Waals surface area contributed by atoms with E-state index in [0.29, 0.717) is 11.4 Å². The molecular weight excluding hydrogens is 289 g/mol. The van der Waals surface area contributed by atoms with Crippen LogP contribution < -0.4 is 5.32 Å². The predicted molar refractivity (Wildman–Crippen MR) is 69.0 cm³/mol. The van der Waals surface area contributed by atoms with Gasteiger partial charge in [0.05, 0.1) is 11.1 Å². The Bertz CT molecular complexity index is 429. The van der Waals surface area contributed by atoms with Crippen LogP contribution in [0.25, 0.3) is 0 Å². The lowest BCUT2D eigenvalue weighted by Gasteiger charge is -2.15. The van der Waals surface area contributed by atoms with Crippen molar-refractivity contribution in [1.82, 2.24) is 5.32 Å². The van der Waals surface area contributed by atoms with Crippen LogP contribution >= 0.6 is 27.5 Å². The number of benzene rings is 1. The molecule has 0 spiro atoms. The number of aryl methyl sites for hydroxylation is 1. The molecule has 1 fully saturated rings. The molecule has 1 aromatic carbocycles. The second kappa shape index (κ2) is 4.38. The average molecular weight is 303 g/mol. The number of alkyl halides is 1. The zero-order chi connectivity index (χ0) is 11.8. The van der Waals surface area contributed by atoms with Crippen molar-refractivity contribution in [3.05, 3.63) is 33.8 Å². The molecule has 86 valence electrons. The second-order valence-electron chi connectivity index (χ2n) is 4.30. The van der Waals surface area contributed by atoms with Crippen molar-refractivity contribution in [3.63, 3.8) is 0 Å². The minimum Gasteiger partial charge on any atom is -0.345 e. The Balaban J connectivity index is 2.18. The molecule has 0 aliphatic heterocycles. The molecule has 2 nitrogen and oxygen atoms in total. The lowest BCUT2D eigenvalue weighted by Crippen LogP contribution is -2.38. The Hall–Kier alpha value is -0.540. The first kappa shape index (κ1) is 11.9. The van der Waals surface area contributed by atoms with Crippen molar-refractivity contribution < 1.29 is 4.79 Å². The van der Waals surface area contributed by atoms with Crippen molar-refractivity contribution in [2.45, 2.75) is 25.3 Å². The molecule has 0 radical (unpaired) electrons. The highest BCUT2D eigenvalue weighted by Gasteiger charge is 2.43. The van der Waals surface area contributed by atoms with Gasteiger partial charge in [0.1, 0.15) is 0 Å². The van der Waals surface area contributed by atoms with E-state index in [9.17, 15) is 4.79 Å². The van der Waals surface area contributed by atoms with Crippen LogP contribution in [0.2, 0.25) is 0 Å². The number of hydrogen-bond donors (Lipinski definition) is 1. The van der Waals surface area contributed by atoms with E-state index in [0.717, 1.165) is 22.9 Å². The van der Waals surface area contributed by atoms with Crippen LogP contribution in [0.3, 0.4) is 0 Å². The first-order valence-electron chi connectivity index (χ1n) is 5.22. The quantitative estimate of drug-likeness (QED) is 0.853. The summed E-state index contributed by atoms with van der Waals surface area (Å²) in [5.41, 5.74) is 1.58. The normalized spacial score (nSPS) is 16.9. The number of carbonyl (C=O) groups excluding carboxylic acids is 1. The minimum atomic E-state index is -0.151. The monoisotopic (exact) mass is 301 g/mol. The molecular formula is C12H13BrClNO. The fourth-order valence-electron chi connectivity index (χ4n) is 1.57. The van der Waals surface area contributed by atoms with Crippen LogP contribution in [0.4, 0.5) is 0 Å². The molecule has 2 rings (SSSR count). The van der Waals surface area contributed by atoms with Gasteiger partial charge in [-0.2, -0.15) is 0 Å². The minimum absolute atomic E-state index is 0.0475. The molecule has 1 aliphatic rings. The third kappa shape index (κ3) is 2.25. The maximum atomic E-state index is 12.0. The largest absolute Gasteiger partial charge is 0.345 e. The van der Waals surface area contributed by atoms with Gasteiger partial charge in [-0.15, -0.1) is 11.6 Å². The Morgan fingerprint density at radius 2 is 2.25 bits per heavy atom. The molecule has 0 atom stereocenters. The van der Waals surface area contributed by atoms with Gasteiger partial charge in [-0.3, -0.25) is 4.79 Å². The summed E-state index contributed by atoms with van der Waals surface area (Å²) in [6.07, 6.45) is 1.96. The molecule has 0 unspecified atom stereocenters. The SMILES string of the molecule is Cc1cccc(C(=O)NC2(CCl)CC2)c1Br. The summed E-state index contributed by atoms with van der Waals surface area (Å²) in [4.78, 5) is 12.0. The number of nitrogens with one attached hydrogen (secondary N) is 1. The molecule has 1 saturated carbocycles.